The van der Waals surface area contributed by atoms with Crippen LogP contribution < -0.4 is 45.2 Å². The van der Waals surface area contributed by atoms with Gasteiger partial charge in [0, 0.05) is 160 Å². The van der Waals surface area contributed by atoms with Crippen LogP contribution in [0, 0.1) is 20.8 Å². The average Bonchev–Trinajstić information content (AvgIpc) is 0.742. The first-order chi connectivity index (χ1) is 70.9. The highest BCUT2D eigenvalue weighted by atomic mass is 35.5. The molecule has 0 fully saturated rings. The number of unbranched alkanes of at least 4 members (excludes halogenated alkanes) is 4. The lowest BCUT2D eigenvalue weighted by atomic mass is 9.92. The lowest BCUT2D eigenvalue weighted by Crippen LogP contribution is -2.25. The zero-order valence-corrected chi connectivity index (χ0v) is 88.8. The second-order valence-corrected chi connectivity index (χ2v) is 41.9. The summed E-state index contributed by atoms with van der Waals surface area (Å²) in [4.78, 5) is 43.8. The number of benzene rings is 14. The summed E-state index contributed by atoms with van der Waals surface area (Å²) in [6.45, 7) is 18.1. The van der Waals surface area contributed by atoms with Crippen LogP contribution in [0.25, 0.3) is 161 Å². The Balaban J connectivity index is 0.000000167. The molecular formula is C121H114Cl3N3O18S3. The van der Waals surface area contributed by atoms with Crippen molar-refractivity contribution in [3.05, 3.63) is 367 Å². The van der Waals surface area contributed by atoms with Gasteiger partial charge in [-0.2, -0.15) is 25.3 Å². The van der Waals surface area contributed by atoms with Gasteiger partial charge in [0.1, 0.15) is 66.0 Å². The summed E-state index contributed by atoms with van der Waals surface area (Å²) in [5.74, 6) is 1.83. The van der Waals surface area contributed by atoms with Crippen LogP contribution in [0.3, 0.4) is 0 Å². The number of ether oxygens (including phenoxy) is 3. The molecule has 0 saturated heterocycles. The monoisotopic (exact) mass is 2100 g/mol. The molecule has 3 aliphatic carbocycles. The molecule has 0 amide bonds. The van der Waals surface area contributed by atoms with Gasteiger partial charge in [-0.05, 0) is 210 Å². The third kappa shape index (κ3) is 25.7. The lowest BCUT2D eigenvalue weighted by molar-refractivity contribution is 0.414. The second-order valence-electron chi connectivity index (χ2n) is 36.5. The van der Waals surface area contributed by atoms with Crippen LogP contribution in [0.5, 0.6) is 17.2 Å². The molecule has 0 radical (unpaired) electrons. The molecule has 3 heterocycles. The molecule has 3 N–H and O–H groups in total. The fraction of sp³-hybridized carbons (Fsp3) is 0.198. The maximum Gasteiger partial charge on any atom is 0.295 e. The minimum Gasteiger partial charge on any atom is -0.495 e. The Morgan fingerprint density at radius 1 is 0.291 bits per heavy atom. The molecule has 11 aromatic rings. The van der Waals surface area contributed by atoms with Gasteiger partial charge in [0.2, 0.25) is 0 Å². The standard InChI is InChI=1S/C45H44ClNO6S.C39H32ClNO6S.C37H38ClNO6S/c1-5-7-23-47(24-8-6-2)35-20-17-33(18-21-35)14-13-31-9-11-32(12-10-31)15-16-34-19-22-36(44(26-34)54(49,50)51)45-37-25-30(3)40(48)28-41(37)53-42-29-43(52-4)39(46)27-38(42)45;1-24-19-31-35(22-34(24)42)47-36-23-37(46-4)33(40)21-32(36)39(31)30-18-15-28(20-38(30)48(43,44)45)12-11-26-7-5-25(6-8-26)9-10-27-13-16-29(17-14-27)41(2)3;1-5-7-17-39(18-8-6-2)27-14-11-25(12-15-27)9-10-26-13-16-28(36(20-26)46(41,42)43)37-29-19-24(3)32(40)22-33(29)45-34-23-35(44-4)31(38)21-30(34)37/h9-22,25-29H,5-8,23-24H2,1-4H3,(H,49,50,51);5-23H,1-4H3,(H,43,44,45);9-16,19-23H,5-8,17-18H2,1-4H3,(H,41,42,43)/b14-13+,16-15+;10-9+,12-11+;10-9+. The van der Waals surface area contributed by atoms with E-state index in [1.165, 1.54) is 94.8 Å². The fourth-order valence-electron chi connectivity index (χ4n) is 17.6. The van der Waals surface area contributed by atoms with Crippen LogP contribution in [-0.4, -0.2) is 101 Å². The Hall–Kier alpha value is -14.4. The SMILES string of the molecule is CCCCN(CCCC)c1ccc(/C=C/c2ccc(-c3c4cc(C)c(=O)cc-4oc4cc(OC)c(Cl)cc34)c(S(=O)(=O)O)c2)cc1.CCCCN(CCCC)c1ccc(/C=C/c2ccc(/C=C/c3ccc(-c4c5cc(C)c(=O)cc-5oc5cc(OC)c(Cl)cc45)c(S(=O)(=O)O)c3)cc2)cc1.COc1cc2oc3cc(=O)c(C)cc-3c(-c3ccc(/C=C/c4ccc(/C=C/c5ccc(N(C)C)cc5)cc4)cc3S(=O)(=O)O)c2cc1Cl. The van der Waals surface area contributed by atoms with E-state index in [-0.39, 0.29) is 75.0 Å². The molecule has 0 unspecified atom stereocenters. The van der Waals surface area contributed by atoms with E-state index >= 15 is 0 Å². The summed E-state index contributed by atoms with van der Waals surface area (Å²) in [6, 6.07) is 74.6. The Morgan fingerprint density at radius 2 is 0.507 bits per heavy atom. The molecule has 6 aliphatic rings. The van der Waals surface area contributed by atoms with Gasteiger partial charge in [-0.3, -0.25) is 28.0 Å². The van der Waals surface area contributed by atoms with Crippen molar-refractivity contribution in [2.75, 3.05) is 76.3 Å². The molecule has 3 aliphatic heterocycles. The lowest BCUT2D eigenvalue weighted by Gasteiger charge is -2.24. The summed E-state index contributed by atoms with van der Waals surface area (Å²) in [6.07, 6.45) is 28.6. The van der Waals surface area contributed by atoms with Gasteiger partial charge >= 0.3 is 0 Å². The fourth-order valence-corrected chi connectivity index (χ4v) is 20.5. The number of aryl methyl sites for hydroxylation is 3. The summed E-state index contributed by atoms with van der Waals surface area (Å²) < 4.78 is 143. The van der Waals surface area contributed by atoms with Gasteiger partial charge in [-0.15, -0.1) is 0 Å². The van der Waals surface area contributed by atoms with E-state index < -0.39 is 30.4 Å². The molecule has 11 aromatic carbocycles. The quantitative estimate of drug-likeness (QED) is 0.0192. The van der Waals surface area contributed by atoms with E-state index in [0.717, 1.165) is 96.5 Å². The Kier molecular flexibility index (Phi) is 34.7. The molecule has 0 bridgehead atoms. The molecular weight excluding hydrogens is 1990 g/mol. The van der Waals surface area contributed by atoms with Crippen molar-refractivity contribution < 1.29 is 66.4 Å². The zero-order valence-electron chi connectivity index (χ0n) is 84.1. The van der Waals surface area contributed by atoms with Crippen molar-refractivity contribution in [1.29, 1.82) is 0 Å². The third-order valence-electron chi connectivity index (χ3n) is 25.8. The van der Waals surface area contributed by atoms with Crippen molar-refractivity contribution >= 4 is 176 Å². The average molecular weight is 2100 g/mol. The Morgan fingerprint density at radius 3 is 0.723 bits per heavy atom. The van der Waals surface area contributed by atoms with Crippen LogP contribution in [0.15, 0.2) is 291 Å². The molecule has 148 heavy (non-hydrogen) atoms. The highest BCUT2D eigenvalue weighted by Gasteiger charge is 2.31. The number of halogens is 3. The van der Waals surface area contributed by atoms with Crippen molar-refractivity contribution in [3.63, 3.8) is 0 Å². The summed E-state index contributed by atoms with van der Waals surface area (Å²) >= 11 is 19.5. The normalized spacial score (nSPS) is 12.0. The van der Waals surface area contributed by atoms with Gasteiger partial charge in [0.15, 0.2) is 16.3 Å². The van der Waals surface area contributed by atoms with E-state index in [4.69, 9.17) is 62.3 Å². The topological polar surface area (TPSA) is 291 Å². The predicted octanol–water partition coefficient (Wildman–Crippen LogP) is 30.1. The number of fused-ring (bicyclic) bond motifs is 6. The van der Waals surface area contributed by atoms with E-state index in [1.54, 1.807) is 124 Å². The van der Waals surface area contributed by atoms with Gasteiger partial charge in [0.05, 0.1) is 36.4 Å². The maximum absolute atomic E-state index is 12.9. The van der Waals surface area contributed by atoms with Crippen LogP contribution in [0.4, 0.5) is 17.1 Å². The van der Waals surface area contributed by atoms with Gasteiger partial charge in [-0.25, -0.2) is 0 Å². The van der Waals surface area contributed by atoms with Crippen LogP contribution in [0.2, 0.25) is 15.1 Å². The zero-order chi connectivity index (χ0) is 106. The minimum absolute atomic E-state index is 0.222. The Labute approximate surface area is 877 Å². The highest BCUT2D eigenvalue weighted by Crippen LogP contribution is 2.50. The minimum atomic E-state index is -4.71. The van der Waals surface area contributed by atoms with Gasteiger partial charge < -0.3 is 42.2 Å². The van der Waals surface area contributed by atoms with Crippen LogP contribution in [0.1, 0.15) is 151 Å². The first-order valence-electron chi connectivity index (χ1n) is 48.6. The molecule has 0 atom stereocenters. The molecule has 0 aromatic heterocycles. The molecule has 0 saturated carbocycles. The highest BCUT2D eigenvalue weighted by molar-refractivity contribution is 7.86. The molecule has 21 nitrogen and oxygen atoms in total. The number of methoxy groups -OCH3 is 3. The van der Waals surface area contributed by atoms with Crippen molar-refractivity contribution in [1.82, 2.24) is 0 Å². The van der Waals surface area contributed by atoms with Gasteiger partial charge in [0.25, 0.3) is 30.4 Å². The van der Waals surface area contributed by atoms with Crippen LogP contribution >= 0.6 is 34.8 Å². The third-order valence-corrected chi connectivity index (χ3v) is 29.4. The molecule has 27 heteroatoms. The smallest absolute Gasteiger partial charge is 0.295 e. The van der Waals surface area contributed by atoms with Crippen molar-refractivity contribution in [2.24, 2.45) is 0 Å². The number of nitrogens with zero attached hydrogens (tertiary/aromatic N) is 3. The first-order valence-corrected chi connectivity index (χ1v) is 54.1. The van der Waals surface area contributed by atoms with E-state index in [2.05, 4.69) is 121 Å². The number of anilines is 3. The van der Waals surface area contributed by atoms with E-state index in [9.17, 15) is 53.3 Å². The molecule has 17 rings (SSSR count). The van der Waals surface area contributed by atoms with Crippen molar-refractivity contribution in [2.45, 2.75) is 115 Å². The number of hydrogen-bond acceptors (Lipinski definition) is 18. The molecule has 760 valence electrons. The molecule has 0 spiro atoms. The van der Waals surface area contributed by atoms with Gasteiger partial charge in [-0.1, -0.05) is 270 Å². The predicted molar refractivity (Wildman–Crippen MR) is 607 cm³/mol. The second kappa shape index (κ2) is 47.6. The van der Waals surface area contributed by atoms with Crippen LogP contribution in [-0.2, 0) is 30.4 Å². The maximum atomic E-state index is 12.9. The number of hydrogen-bond donors (Lipinski definition) is 3. The summed E-state index contributed by atoms with van der Waals surface area (Å²) in [5, 5.41) is 2.33. The Bertz CT molecular complexity index is 8390. The first kappa shape index (κ1) is 108. The van der Waals surface area contributed by atoms with E-state index in [1.807, 2.05) is 105 Å². The van der Waals surface area contributed by atoms with E-state index in [0.29, 0.717) is 122 Å². The number of rotatable bonds is 34. The summed E-state index contributed by atoms with van der Waals surface area (Å²) in [5.41, 5.74) is 17.6. The van der Waals surface area contributed by atoms with Crippen molar-refractivity contribution in [3.8, 4) is 84.6 Å². The largest absolute Gasteiger partial charge is 0.495 e. The summed E-state index contributed by atoms with van der Waals surface area (Å²) in [7, 11) is -5.67.